The molecule has 2 amide bonds. The molecule has 2 aromatic rings. The number of hydrogen-bond donors (Lipinski definition) is 4. The second-order valence-corrected chi connectivity index (χ2v) is 5.60. The van der Waals surface area contributed by atoms with E-state index in [-0.39, 0.29) is 24.7 Å². The molecule has 0 aliphatic rings. The van der Waals surface area contributed by atoms with Crippen LogP contribution in [0.15, 0.2) is 24.3 Å². The largest absolute Gasteiger partial charge is 0.501 e. The zero-order chi connectivity index (χ0) is 20.0. The third-order valence-corrected chi connectivity index (χ3v) is 3.51. The van der Waals surface area contributed by atoms with E-state index >= 15 is 0 Å². The van der Waals surface area contributed by atoms with Gasteiger partial charge in [0.1, 0.15) is 17.9 Å². The van der Waals surface area contributed by atoms with Crippen LogP contribution in [0, 0.1) is 5.82 Å². The van der Waals surface area contributed by atoms with E-state index in [9.17, 15) is 24.2 Å². The maximum Gasteiger partial charge on any atom is 0.274 e. The molecule has 10 heteroatoms. The Morgan fingerprint density at radius 1 is 1.22 bits per heavy atom. The van der Waals surface area contributed by atoms with Gasteiger partial charge in [-0.25, -0.2) is 9.37 Å². The average Bonchev–Trinajstić information content (AvgIpc) is 2.62. The van der Waals surface area contributed by atoms with Crippen molar-refractivity contribution in [1.29, 1.82) is 0 Å². The Kier molecular flexibility index (Phi) is 6.61. The predicted molar refractivity (Wildman–Crippen MR) is 91.2 cm³/mol. The average molecular weight is 378 g/mol. The highest BCUT2D eigenvalue weighted by Crippen LogP contribution is 2.25. The van der Waals surface area contributed by atoms with Crippen molar-refractivity contribution >= 4 is 11.8 Å². The van der Waals surface area contributed by atoms with Crippen LogP contribution in [0.2, 0.25) is 0 Å². The van der Waals surface area contributed by atoms with Gasteiger partial charge in [-0.15, -0.1) is 0 Å². The maximum absolute atomic E-state index is 12.9. The first-order valence-corrected chi connectivity index (χ1v) is 7.91. The Bertz CT molecular complexity index is 829. The quantitative estimate of drug-likeness (QED) is 0.519. The first kappa shape index (κ1) is 20.0. The van der Waals surface area contributed by atoms with E-state index < -0.39 is 35.3 Å². The molecule has 0 bridgehead atoms. The summed E-state index contributed by atoms with van der Waals surface area (Å²) in [6.45, 7) is 1.36. The third kappa shape index (κ3) is 5.61. The lowest BCUT2D eigenvalue weighted by Gasteiger charge is -2.16. The Morgan fingerprint density at radius 3 is 2.48 bits per heavy atom. The molecule has 0 saturated carbocycles. The second kappa shape index (κ2) is 8.90. The van der Waals surface area contributed by atoms with Gasteiger partial charge in [0.05, 0.1) is 6.42 Å². The van der Waals surface area contributed by atoms with Crippen LogP contribution < -0.4 is 10.6 Å². The molecule has 0 spiro atoms. The van der Waals surface area contributed by atoms with Crippen molar-refractivity contribution in [3.05, 3.63) is 47.2 Å². The lowest BCUT2D eigenvalue weighted by molar-refractivity contribution is -0.122. The fourth-order valence-electron chi connectivity index (χ4n) is 2.19. The van der Waals surface area contributed by atoms with E-state index in [1.807, 2.05) is 0 Å². The Morgan fingerprint density at radius 2 is 1.89 bits per heavy atom. The number of amides is 2. The minimum Gasteiger partial charge on any atom is -0.501 e. The number of nitrogens with one attached hydrogen (secondary N) is 2. The highest BCUT2D eigenvalue weighted by Gasteiger charge is 2.21. The predicted octanol–water partition coefficient (Wildman–Crippen LogP) is 0.608. The number of rotatable bonds is 7. The molecule has 1 heterocycles. The molecule has 4 N–H and O–H groups in total. The van der Waals surface area contributed by atoms with Gasteiger partial charge in [-0.3, -0.25) is 9.59 Å². The van der Waals surface area contributed by atoms with Crippen molar-refractivity contribution in [1.82, 2.24) is 20.6 Å². The second-order valence-electron chi connectivity index (χ2n) is 5.60. The standard InChI is InChI=1S/C17H19FN4O5/c1-9(23)20-13(27-2)7-12-21-14(15(24)17(26)22-12)16(25)19-8-10-3-5-11(18)6-4-10/h3-6,13,24H,7-8H2,1-2H3,(H,19,25)(H,20,23)(H,21,22,26). The van der Waals surface area contributed by atoms with Gasteiger partial charge in [0.25, 0.3) is 11.8 Å². The number of carbonyl (C=O) groups excluding carboxylic acids is 2. The molecule has 1 unspecified atom stereocenters. The molecule has 0 aliphatic heterocycles. The van der Waals surface area contributed by atoms with Crippen LogP contribution in [-0.4, -0.2) is 45.3 Å². The van der Waals surface area contributed by atoms with Gasteiger partial charge in [0.2, 0.25) is 11.7 Å². The number of halogens is 1. The monoisotopic (exact) mass is 378 g/mol. The lowest BCUT2D eigenvalue weighted by atomic mass is 10.2. The summed E-state index contributed by atoms with van der Waals surface area (Å²) in [5.41, 5.74) is 0.199. The number of benzene rings is 1. The summed E-state index contributed by atoms with van der Waals surface area (Å²) in [7, 11) is 1.36. The Balaban J connectivity index is 2.14. The van der Waals surface area contributed by atoms with Gasteiger partial charge in [-0.1, -0.05) is 12.1 Å². The molecular weight excluding hydrogens is 359 g/mol. The molecule has 1 aromatic carbocycles. The fraction of sp³-hybridized carbons (Fsp3) is 0.294. The number of ether oxygens (including phenoxy) is 1. The van der Waals surface area contributed by atoms with Crippen LogP contribution in [0.5, 0.6) is 11.6 Å². The summed E-state index contributed by atoms with van der Waals surface area (Å²) in [4.78, 5) is 31.0. The normalized spacial score (nSPS) is 11.7. The minimum atomic E-state index is -0.776. The topological polar surface area (TPSA) is 134 Å². The summed E-state index contributed by atoms with van der Waals surface area (Å²) in [5, 5.41) is 24.6. The van der Waals surface area contributed by atoms with Gasteiger partial charge in [0.15, 0.2) is 5.69 Å². The van der Waals surface area contributed by atoms with Gasteiger partial charge < -0.3 is 25.6 Å². The van der Waals surface area contributed by atoms with Crippen LogP contribution in [-0.2, 0) is 22.5 Å². The van der Waals surface area contributed by atoms with Crippen molar-refractivity contribution in [3.63, 3.8) is 0 Å². The highest BCUT2D eigenvalue weighted by atomic mass is 19.1. The van der Waals surface area contributed by atoms with Crippen LogP contribution in [0.4, 0.5) is 4.39 Å². The van der Waals surface area contributed by atoms with Gasteiger partial charge in [-0.05, 0) is 17.7 Å². The smallest absolute Gasteiger partial charge is 0.274 e. The molecule has 0 saturated heterocycles. The van der Waals surface area contributed by atoms with Crippen LogP contribution >= 0.6 is 0 Å². The SMILES string of the molecule is COC(Cc1nc(O)c(O)c(C(=O)NCc2ccc(F)cc2)n1)NC(C)=O. The zero-order valence-electron chi connectivity index (χ0n) is 14.7. The van der Waals surface area contributed by atoms with Gasteiger partial charge >= 0.3 is 0 Å². The Labute approximate surface area is 154 Å². The highest BCUT2D eigenvalue weighted by molar-refractivity contribution is 5.95. The maximum atomic E-state index is 12.9. The first-order chi connectivity index (χ1) is 12.8. The van der Waals surface area contributed by atoms with Crippen molar-refractivity contribution in [2.45, 2.75) is 26.1 Å². The van der Waals surface area contributed by atoms with Crippen molar-refractivity contribution in [3.8, 4) is 11.6 Å². The van der Waals surface area contributed by atoms with E-state index in [0.717, 1.165) is 0 Å². The van der Waals surface area contributed by atoms with Gasteiger partial charge in [-0.2, -0.15) is 4.98 Å². The molecule has 1 atom stereocenters. The molecule has 144 valence electrons. The van der Waals surface area contributed by atoms with E-state index in [1.54, 1.807) is 0 Å². The Hall–Kier alpha value is -3.27. The number of aromatic hydroxyl groups is 2. The van der Waals surface area contributed by atoms with Crippen molar-refractivity contribution in [2.75, 3.05) is 7.11 Å². The van der Waals surface area contributed by atoms with Gasteiger partial charge in [0, 0.05) is 20.6 Å². The zero-order valence-corrected chi connectivity index (χ0v) is 14.7. The molecule has 0 aliphatic carbocycles. The third-order valence-electron chi connectivity index (χ3n) is 3.51. The molecule has 2 rings (SSSR count). The molecule has 0 radical (unpaired) electrons. The number of methoxy groups -OCH3 is 1. The van der Waals surface area contributed by atoms with E-state index in [0.29, 0.717) is 5.56 Å². The summed E-state index contributed by atoms with van der Waals surface area (Å²) < 4.78 is 18.0. The van der Waals surface area contributed by atoms with E-state index in [1.165, 1.54) is 38.3 Å². The van der Waals surface area contributed by atoms with Crippen LogP contribution in [0.3, 0.4) is 0 Å². The number of nitrogens with zero attached hydrogens (tertiary/aromatic N) is 2. The van der Waals surface area contributed by atoms with Crippen molar-refractivity contribution < 1.29 is 28.9 Å². The minimum absolute atomic E-state index is 0.0159. The molecular formula is C17H19FN4O5. The van der Waals surface area contributed by atoms with E-state index in [2.05, 4.69) is 20.6 Å². The summed E-state index contributed by atoms with van der Waals surface area (Å²) in [6.07, 6.45) is -0.816. The summed E-state index contributed by atoms with van der Waals surface area (Å²) in [6, 6.07) is 5.49. The lowest BCUT2D eigenvalue weighted by Crippen LogP contribution is -2.37. The number of hydrogen-bond acceptors (Lipinski definition) is 7. The first-order valence-electron chi connectivity index (χ1n) is 7.91. The van der Waals surface area contributed by atoms with Crippen LogP contribution in [0.25, 0.3) is 0 Å². The molecule has 9 nitrogen and oxygen atoms in total. The fourth-order valence-corrected chi connectivity index (χ4v) is 2.19. The number of carbonyl (C=O) groups is 2. The summed E-state index contributed by atoms with van der Waals surface area (Å²) >= 11 is 0. The molecule has 1 aromatic heterocycles. The van der Waals surface area contributed by atoms with Crippen LogP contribution in [0.1, 0.15) is 28.8 Å². The molecule has 27 heavy (non-hydrogen) atoms. The molecule has 0 fully saturated rings. The summed E-state index contributed by atoms with van der Waals surface area (Å²) in [5.74, 6) is -3.07. The number of aromatic nitrogens is 2. The van der Waals surface area contributed by atoms with E-state index in [4.69, 9.17) is 4.74 Å². The van der Waals surface area contributed by atoms with Crippen molar-refractivity contribution in [2.24, 2.45) is 0 Å².